The van der Waals surface area contributed by atoms with Crippen molar-refractivity contribution in [2.75, 3.05) is 36.2 Å². The van der Waals surface area contributed by atoms with E-state index in [9.17, 15) is 23.3 Å². The van der Waals surface area contributed by atoms with Gasteiger partial charge in [-0.1, -0.05) is 11.6 Å². The number of nitrogen functional groups attached to an aromatic ring is 1. The van der Waals surface area contributed by atoms with Crippen LogP contribution >= 0.6 is 11.6 Å². The Bertz CT molecular complexity index is 1150. The molecule has 3 aliphatic rings. The predicted molar refractivity (Wildman–Crippen MR) is 123 cm³/mol. The molecule has 5 rings (SSSR count). The average molecular weight is 479 g/mol. The summed E-state index contributed by atoms with van der Waals surface area (Å²) < 4.78 is 28.0. The van der Waals surface area contributed by atoms with Crippen molar-refractivity contribution in [1.29, 1.82) is 0 Å². The summed E-state index contributed by atoms with van der Waals surface area (Å²) in [6.07, 6.45) is 1.32. The Morgan fingerprint density at radius 3 is 2.28 bits per heavy atom. The number of hydrogen-bond donors (Lipinski definition) is 1. The lowest BCUT2D eigenvalue weighted by Crippen LogP contribution is -2.60. The van der Waals surface area contributed by atoms with E-state index in [-0.39, 0.29) is 22.6 Å². The second-order valence-corrected chi connectivity index (χ2v) is 10.9. The van der Waals surface area contributed by atoms with Gasteiger partial charge in [0.1, 0.15) is 0 Å². The molecule has 0 aromatic heterocycles. The van der Waals surface area contributed by atoms with Crippen molar-refractivity contribution >= 4 is 44.5 Å². The van der Waals surface area contributed by atoms with E-state index in [1.165, 1.54) is 24.3 Å². The topological polar surface area (TPSA) is 127 Å². The number of benzene rings is 2. The molecule has 0 saturated carbocycles. The van der Waals surface area contributed by atoms with Crippen LogP contribution in [0.4, 0.5) is 17.1 Å². The number of hydrogen-bond acceptors (Lipinski definition) is 7. The maximum atomic E-state index is 14.0. The number of sulfonamides is 1. The first-order valence-corrected chi connectivity index (χ1v) is 12.0. The molecule has 11 heteroatoms. The number of anilines is 2. The molecule has 2 N–H and O–H groups in total. The van der Waals surface area contributed by atoms with Gasteiger partial charge in [-0.25, -0.2) is 8.42 Å². The molecule has 2 aromatic rings. The molecule has 32 heavy (non-hydrogen) atoms. The summed E-state index contributed by atoms with van der Waals surface area (Å²) in [5.74, 6) is -0.458. The van der Waals surface area contributed by atoms with E-state index in [0.29, 0.717) is 43.9 Å². The van der Waals surface area contributed by atoms with Crippen molar-refractivity contribution in [3.8, 4) is 0 Å². The van der Waals surface area contributed by atoms with E-state index in [2.05, 4.69) is 4.90 Å². The number of nitrogens with two attached hydrogens (primary N) is 1. The fraction of sp³-hybridized carbons (Fsp3) is 0.381. The fourth-order valence-electron chi connectivity index (χ4n) is 4.44. The van der Waals surface area contributed by atoms with Crippen LogP contribution in [-0.2, 0) is 10.0 Å². The fourth-order valence-corrected chi connectivity index (χ4v) is 6.78. The number of halogens is 1. The highest BCUT2D eigenvalue weighted by Gasteiger charge is 2.52. The molecule has 3 fully saturated rings. The number of fused-ring (bicyclic) bond motifs is 3. The Hall–Kier alpha value is -2.69. The number of Topliss-reactive ketones (excluding diaryl/α,β-unsaturated/α-hetero) is 1. The first-order valence-electron chi connectivity index (χ1n) is 10.2. The Labute approximate surface area is 190 Å². The third-order valence-electron chi connectivity index (χ3n) is 6.44. The van der Waals surface area contributed by atoms with Crippen LogP contribution in [0.1, 0.15) is 29.6 Å². The molecule has 3 saturated heterocycles. The molecule has 2 bridgehead atoms. The number of nitrogens with zero attached hydrogens (tertiary/aromatic N) is 3. The van der Waals surface area contributed by atoms with Crippen molar-refractivity contribution in [2.45, 2.75) is 24.0 Å². The van der Waals surface area contributed by atoms with Crippen molar-refractivity contribution in [1.82, 2.24) is 4.90 Å². The van der Waals surface area contributed by atoms with Crippen LogP contribution in [0.3, 0.4) is 0 Å². The second kappa shape index (κ2) is 8.34. The van der Waals surface area contributed by atoms with Crippen LogP contribution < -0.4 is 10.0 Å². The smallest absolute Gasteiger partial charge is 0.271 e. The first-order chi connectivity index (χ1) is 15.1. The number of piperidine rings is 3. The Morgan fingerprint density at radius 1 is 1.12 bits per heavy atom. The van der Waals surface area contributed by atoms with Crippen LogP contribution in [0, 0.1) is 10.1 Å². The molecular weight excluding hydrogens is 456 g/mol. The first kappa shape index (κ1) is 22.5. The van der Waals surface area contributed by atoms with E-state index >= 15 is 0 Å². The van der Waals surface area contributed by atoms with Gasteiger partial charge in [-0.2, -0.15) is 0 Å². The van der Waals surface area contributed by atoms with E-state index in [0.717, 1.165) is 10.4 Å². The van der Waals surface area contributed by atoms with Gasteiger partial charge in [0.2, 0.25) is 10.0 Å². The summed E-state index contributed by atoms with van der Waals surface area (Å²) in [5.41, 5.74) is 6.06. The van der Waals surface area contributed by atoms with Crippen molar-refractivity contribution in [3.05, 3.63) is 63.2 Å². The quantitative estimate of drug-likeness (QED) is 0.280. The van der Waals surface area contributed by atoms with Crippen LogP contribution in [0.15, 0.2) is 42.5 Å². The minimum Gasteiger partial charge on any atom is -0.397 e. The highest BCUT2D eigenvalue weighted by molar-refractivity contribution is 7.94. The zero-order valence-electron chi connectivity index (χ0n) is 17.2. The molecule has 9 nitrogen and oxygen atoms in total. The van der Waals surface area contributed by atoms with Gasteiger partial charge in [-0.3, -0.25) is 19.2 Å². The lowest BCUT2D eigenvalue weighted by molar-refractivity contribution is -0.384. The second-order valence-electron chi connectivity index (χ2n) is 8.22. The molecule has 170 valence electrons. The number of carbonyl (C=O) groups is 1. The highest BCUT2D eigenvalue weighted by Crippen LogP contribution is 2.43. The summed E-state index contributed by atoms with van der Waals surface area (Å²) in [4.78, 5) is 26.0. The minimum atomic E-state index is -4.07. The molecule has 0 radical (unpaired) electrons. The van der Waals surface area contributed by atoms with Crippen molar-refractivity contribution in [2.24, 2.45) is 0 Å². The number of nitro groups is 1. The average Bonchev–Trinajstić information content (AvgIpc) is 2.79. The zero-order valence-corrected chi connectivity index (χ0v) is 18.8. The summed E-state index contributed by atoms with van der Waals surface area (Å²) in [6, 6.07) is 9.76. The number of nitro benzene ring substituents is 1. The summed E-state index contributed by atoms with van der Waals surface area (Å²) in [7, 11) is -4.07. The van der Waals surface area contributed by atoms with Crippen LogP contribution in [0.25, 0.3) is 0 Å². The van der Waals surface area contributed by atoms with Gasteiger partial charge in [-0.15, -0.1) is 0 Å². The maximum absolute atomic E-state index is 14.0. The Balaban J connectivity index is 1.80. The van der Waals surface area contributed by atoms with Gasteiger partial charge in [-0.05, 0) is 69.2 Å². The lowest BCUT2D eigenvalue weighted by Gasteiger charge is -2.49. The van der Waals surface area contributed by atoms with Gasteiger partial charge in [0.25, 0.3) is 5.69 Å². The lowest BCUT2D eigenvalue weighted by atomic mass is 9.87. The van der Waals surface area contributed by atoms with E-state index in [1.54, 1.807) is 12.1 Å². The highest BCUT2D eigenvalue weighted by atomic mass is 35.5. The molecule has 0 amide bonds. The Kier molecular flexibility index (Phi) is 5.87. The number of ketones is 1. The van der Waals surface area contributed by atoms with Crippen LogP contribution in [0.5, 0.6) is 0 Å². The van der Waals surface area contributed by atoms with Gasteiger partial charge in [0.05, 0.1) is 27.6 Å². The van der Waals surface area contributed by atoms with E-state index < -0.39 is 32.0 Å². The van der Waals surface area contributed by atoms with E-state index in [1.807, 2.05) is 0 Å². The van der Waals surface area contributed by atoms with Gasteiger partial charge in [0, 0.05) is 22.7 Å². The summed E-state index contributed by atoms with van der Waals surface area (Å²) in [6.45, 7) is 1.45. The Morgan fingerprint density at radius 2 is 1.72 bits per heavy atom. The number of rotatable bonds is 7. The van der Waals surface area contributed by atoms with Gasteiger partial charge < -0.3 is 10.6 Å². The van der Waals surface area contributed by atoms with Gasteiger partial charge >= 0.3 is 0 Å². The SMILES string of the molecule is Nc1ccc([N+](=O)[O-])cc1N(CC(=O)c1ccc(Cl)cc1)S(=O)(=O)C12CCN(CC1)CC2. The molecule has 0 unspecified atom stereocenters. The molecule has 0 atom stereocenters. The molecular formula is C21H23ClN4O5S. The molecule has 2 aromatic carbocycles. The minimum absolute atomic E-state index is 0.0488. The van der Waals surface area contributed by atoms with Crippen molar-refractivity contribution < 1.29 is 18.1 Å². The molecule has 3 heterocycles. The van der Waals surface area contributed by atoms with Crippen molar-refractivity contribution in [3.63, 3.8) is 0 Å². The summed E-state index contributed by atoms with van der Waals surface area (Å²) >= 11 is 5.90. The largest absolute Gasteiger partial charge is 0.397 e. The normalized spacial score (nSPS) is 22.5. The number of non-ortho nitro benzene ring substituents is 1. The molecule has 3 aliphatic heterocycles. The van der Waals surface area contributed by atoms with Crippen LogP contribution in [-0.4, -0.2) is 55.0 Å². The third-order valence-corrected chi connectivity index (χ3v) is 9.30. The molecule has 0 aliphatic carbocycles. The molecule has 0 spiro atoms. The zero-order chi connectivity index (χ0) is 23.1. The van der Waals surface area contributed by atoms with Gasteiger partial charge in [0.15, 0.2) is 5.78 Å². The maximum Gasteiger partial charge on any atom is 0.271 e. The predicted octanol–water partition coefficient (Wildman–Crippen LogP) is 3.09. The number of carbonyl (C=O) groups excluding carboxylic acids is 1. The monoisotopic (exact) mass is 478 g/mol. The standard InChI is InChI=1S/C21H23ClN4O5S/c22-16-3-1-15(2-4-16)20(27)14-25(19-13-17(26(28)29)5-6-18(19)23)32(30,31)21-7-10-24(11-8-21)12-9-21/h1-6,13H,7-12,14,23H2. The summed E-state index contributed by atoms with van der Waals surface area (Å²) in [5, 5.41) is 11.8. The third kappa shape index (κ3) is 3.94. The van der Waals surface area contributed by atoms with Crippen LogP contribution in [0.2, 0.25) is 5.02 Å². The van der Waals surface area contributed by atoms with E-state index in [4.69, 9.17) is 17.3 Å².